The van der Waals surface area contributed by atoms with E-state index in [2.05, 4.69) is 0 Å². The molecule has 0 bridgehead atoms. The van der Waals surface area contributed by atoms with Crippen LogP contribution in [0.1, 0.15) is 0 Å². The predicted octanol–water partition coefficient (Wildman–Crippen LogP) is 3.14. The van der Waals surface area contributed by atoms with Gasteiger partial charge >= 0.3 is 5.37 Å². The summed E-state index contributed by atoms with van der Waals surface area (Å²) < 4.78 is 13.2. The Bertz CT molecular complexity index is 305. The first-order chi connectivity index (χ1) is 5.61. The summed E-state index contributed by atoms with van der Waals surface area (Å²) in [5.41, 5.74) is 0.205. The molecule has 0 spiro atoms. The quantitative estimate of drug-likeness (QED) is 0.394. The van der Waals surface area contributed by atoms with Crippen molar-refractivity contribution in [1.82, 2.24) is 0 Å². The lowest BCUT2D eigenvalue weighted by molar-refractivity contribution is 0.267. The lowest BCUT2D eigenvalue weighted by atomic mass is 10.3. The van der Waals surface area contributed by atoms with E-state index in [9.17, 15) is 9.18 Å². The van der Waals surface area contributed by atoms with E-state index in [-0.39, 0.29) is 5.69 Å². The second-order valence-electron chi connectivity index (χ2n) is 2.01. The number of nitrogens with zero attached hydrogens (tertiary/aromatic N) is 1. The van der Waals surface area contributed by atoms with Crippen LogP contribution in [0.5, 0.6) is 0 Å². The van der Waals surface area contributed by atoms with Crippen molar-refractivity contribution < 1.29 is 9.18 Å². The average molecular weight is 208 g/mol. The normalized spacial score (nSPS) is 9.58. The minimum atomic E-state index is -0.873. The molecule has 0 atom stereocenters. The summed E-state index contributed by atoms with van der Waals surface area (Å²) in [6, 6.07) is 5.25. The molecule has 2 nitrogen and oxygen atoms in total. The molecule has 12 heavy (non-hydrogen) atoms. The largest absolute Gasteiger partial charge is 0.335 e. The zero-order chi connectivity index (χ0) is 9.14. The zero-order valence-electron chi connectivity index (χ0n) is 5.80. The highest BCUT2D eigenvalue weighted by atomic mass is 35.5. The minimum absolute atomic E-state index is 0.205. The molecule has 0 aliphatic carbocycles. The average Bonchev–Trinajstić information content (AvgIpc) is 2.03. The van der Waals surface area contributed by atoms with Crippen LogP contribution in [-0.4, -0.2) is 5.37 Å². The highest BCUT2D eigenvalue weighted by Gasteiger charge is 2.09. The number of amides is 1. The van der Waals surface area contributed by atoms with E-state index < -0.39 is 11.2 Å². The molecule has 0 aliphatic rings. The number of carbonyl (C=O) groups is 1. The first-order valence-electron chi connectivity index (χ1n) is 3.02. The van der Waals surface area contributed by atoms with Gasteiger partial charge in [0.2, 0.25) is 0 Å². The van der Waals surface area contributed by atoms with E-state index >= 15 is 0 Å². The van der Waals surface area contributed by atoms with Gasteiger partial charge in [-0.2, -0.15) is 0 Å². The van der Waals surface area contributed by atoms with Gasteiger partial charge in [0.15, 0.2) is 0 Å². The van der Waals surface area contributed by atoms with Gasteiger partial charge in [-0.15, -0.1) is 0 Å². The molecule has 5 heteroatoms. The monoisotopic (exact) mass is 207 g/mol. The van der Waals surface area contributed by atoms with E-state index in [0.717, 1.165) is 6.07 Å². The Labute approximate surface area is 78.6 Å². The van der Waals surface area contributed by atoms with E-state index in [0.29, 0.717) is 4.42 Å². The second-order valence-corrected chi connectivity index (χ2v) is 2.68. The van der Waals surface area contributed by atoms with Crippen molar-refractivity contribution in [3.05, 3.63) is 30.1 Å². The summed E-state index contributed by atoms with van der Waals surface area (Å²) >= 11 is 10.4. The van der Waals surface area contributed by atoms with Crippen LogP contribution in [0.3, 0.4) is 0 Å². The molecular formula is C7H4Cl2FNO. The van der Waals surface area contributed by atoms with Gasteiger partial charge in [-0.25, -0.2) is 8.81 Å². The Balaban J connectivity index is 2.95. The van der Waals surface area contributed by atoms with Crippen LogP contribution >= 0.6 is 23.4 Å². The Kier molecular flexibility index (Phi) is 2.89. The van der Waals surface area contributed by atoms with Crippen molar-refractivity contribution in [1.29, 1.82) is 0 Å². The third-order valence-corrected chi connectivity index (χ3v) is 1.79. The first kappa shape index (κ1) is 9.29. The number of carbonyl (C=O) groups excluding carboxylic acids is 1. The lowest BCUT2D eigenvalue weighted by Gasteiger charge is -2.08. The molecule has 0 aliphatic heterocycles. The van der Waals surface area contributed by atoms with Crippen LogP contribution in [0.25, 0.3) is 0 Å². The van der Waals surface area contributed by atoms with Crippen LogP contribution in [0, 0.1) is 5.82 Å². The zero-order valence-corrected chi connectivity index (χ0v) is 7.31. The summed E-state index contributed by atoms with van der Waals surface area (Å²) in [6.07, 6.45) is 0. The van der Waals surface area contributed by atoms with E-state index in [1.165, 1.54) is 18.2 Å². The topological polar surface area (TPSA) is 20.3 Å². The van der Waals surface area contributed by atoms with Gasteiger partial charge in [0.05, 0.1) is 5.69 Å². The van der Waals surface area contributed by atoms with Crippen LogP contribution < -0.4 is 4.42 Å². The SMILES string of the molecule is O=C(Cl)N(Cl)c1cccc(F)c1. The van der Waals surface area contributed by atoms with Crippen molar-refractivity contribution in [3.8, 4) is 0 Å². The predicted molar refractivity (Wildman–Crippen MR) is 46.0 cm³/mol. The van der Waals surface area contributed by atoms with Gasteiger partial charge in [0, 0.05) is 11.8 Å². The summed E-state index contributed by atoms with van der Waals surface area (Å²) in [5, 5.41) is -0.873. The maximum Gasteiger partial charge on any atom is 0.335 e. The smallest absolute Gasteiger partial charge is 0.254 e. The first-order valence-corrected chi connectivity index (χ1v) is 3.74. The van der Waals surface area contributed by atoms with Gasteiger partial charge in [0.1, 0.15) is 5.82 Å². The van der Waals surface area contributed by atoms with E-state index in [1.807, 2.05) is 0 Å². The Morgan fingerprint density at radius 2 is 2.17 bits per heavy atom. The number of anilines is 1. The molecule has 1 aromatic rings. The molecule has 0 aromatic heterocycles. The highest BCUT2D eigenvalue weighted by molar-refractivity contribution is 6.71. The Morgan fingerprint density at radius 1 is 1.50 bits per heavy atom. The van der Waals surface area contributed by atoms with Gasteiger partial charge in [-0.1, -0.05) is 6.07 Å². The van der Waals surface area contributed by atoms with E-state index in [4.69, 9.17) is 23.4 Å². The Morgan fingerprint density at radius 3 is 2.67 bits per heavy atom. The molecule has 64 valence electrons. The number of hydrogen-bond donors (Lipinski definition) is 0. The highest BCUT2D eigenvalue weighted by Crippen LogP contribution is 2.18. The van der Waals surface area contributed by atoms with Crippen LogP contribution in [0.4, 0.5) is 14.9 Å². The van der Waals surface area contributed by atoms with Crippen molar-refractivity contribution in [2.45, 2.75) is 0 Å². The van der Waals surface area contributed by atoms with Gasteiger partial charge in [-0.05, 0) is 29.8 Å². The van der Waals surface area contributed by atoms with Crippen molar-refractivity contribution in [3.63, 3.8) is 0 Å². The fourth-order valence-corrected chi connectivity index (χ4v) is 0.902. The molecule has 0 unspecified atom stereocenters. The summed E-state index contributed by atoms with van der Waals surface area (Å²) in [4.78, 5) is 10.5. The molecule has 1 aromatic carbocycles. The molecule has 0 saturated heterocycles. The summed E-state index contributed by atoms with van der Waals surface area (Å²) in [6.45, 7) is 0. The standard InChI is InChI=1S/C7H4Cl2FNO/c8-7(12)11(9)6-3-1-2-5(10)4-6/h1-4H. The number of rotatable bonds is 1. The van der Waals surface area contributed by atoms with Gasteiger partial charge in [-0.3, -0.25) is 4.79 Å². The third-order valence-electron chi connectivity index (χ3n) is 1.19. The maximum absolute atomic E-state index is 12.6. The molecule has 0 radical (unpaired) electrons. The van der Waals surface area contributed by atoms with Crippen molar-refractivity contribution in [2.24, 2.45) is 0 Å². The van der Waals surface area contributed by atoms with E-state index in [1.54, 1.807) is 0 Å². The van der Waals surface area contributed by atoms with Gasteiger partial charge < -0.3 is 0 Å². The summed E-state index contributed by atoms with van der Waals surface area (Å²) in [5.74, 6) is -0.476. The van der Waals surface area contributed by atoms with Gasteiger partial charge in [0.25, 0.3) is 0 Å². The molecule has 1 rings (SSSR count). The molecule has 0 heterocycles. The second kappa shape index (κ2) is 3.74. The third kappa shape index (κ3) is 2.09. The van der Waals surface area contributed by atoms with Crippen LogP contribution in [0.2, 0.25) is 0 Å². The van der Waals surface area contributed by atoms with Crippen molar-refractivity contribution >= 4 is 34.4 Å². The fourth-order valence-electron chi connectivity index (χ4n) is 0.700. The molecule has 0 fully saturated rings. The number of halogens is 3. The minimum Gasteiger partial charge on any atom is -0.254 e. The molecule has 0 N–H and O–H groups in total. The van der Waals surface area contributed by atoms with Crippen LogP contribution in [-0.2, 0) is 0 Å². The molecule has 1 amide bonds. The molecular weight excluding hydrogens is 204 g/mol. The maximum atomic E-state index is 12.6. The van der Waals surface area contributed by atoms with Crippen molar-refractivity contribution in [2.75, 3.05) is 4.42 Å². The fraction of sp³-hybridized carbons (Fsp3) is 0. The number of benzene rings is 1. The number of hydrogen-bond acceptors (Lipinski definition) is 1. The Hall–Kier alpha value is -0.800. The lowest BCUT2D eigenvalue weighted by Crippen LogP contribution is -2.12. The molecule has 0 saturated carbocycles. The summed E-state index contributed by atoms with van der Waals surface area (Å²) in [7, 11) is 0. The van der Waals surface area contributed by atoms with Crippen LogP contribution in [0.15, 0.2) is 24.3 Å².